The van der Waals surface area contributed by atoms with Crippen molar-refractivity contribution in [3.05, 3.63) is 53.1 Å². The summed E-state index contributed by atoms with van der Waals surface area (Å²) in [6, 6.07) is 6.02. The third-order valence-electron chi connectivity index (χ3n) is 3.47. The van der Waals surface area contributed by atoms with Crippen LogP contribution in [-0.4, -0.2) is 14.4 Å². The summed E-state index contributed by atoms with van der Waals surface area (Å²) in [4.78, 5) is 8.90. The molecule has 0 aromatic carbocycles. The Hall–Kier alpha value is -2.14. The third-order valence-corrected chi connectivity index (χ3v) is 3.47. The van der Waals surface area contributed by atoms with E-state index in [2.05, 4.69) is 19.7 Å². The molecule has 3 aromatic rings. The molecule has 1 N–H and O–H groups in total. The molecule has 0 amide bonds. The topological polar surface area (TPSA) is 55.4 Å². The van der Waals surface area contributed by atoms with Crippen LogP contribution in [0, 0.1) is 20.8 Å². The van der Waals surface area contributed by atoms with Crippen LogP contribution in [0.15, 0.2) is 28.8 Å². The second kappa shape index (κ2) is 5.09. The van der Waals surface area contributed by atoms with Crippen molar-refractivity contribution in [1.82, 2.24) is 19.7 Å². The Morgan fingerprint density at radius 3 is 2.70 bits per heavy atom. The van der Waals surface area contributed by atoms with Crippen molar-refractivity contribution in [3.8, 4) is 0 Å². The molecule has 0 fully saturated rings. The van der Waals surface area contributed by atoms with Gasteiger partial charge in [-0.2, -0.15) is 0 Å². The van der Waals surface area contributed by atoms with Crippen molar-refractivity contribution in [2.75, 3.05) is 0 Å². The number of pyridine rings is 1. The smallest absolute Gasteiger partial charge is 0.208 e. The summed E-state index contributed by atoms with van der Waals surface area (Å²) in [6.07, 6.45) is 2.03. The highest BCUT2D eigenvalue weighted by Gasteiger charge is 2.09. The normalized spacial score (nSPS) is 11.3. The molecule has 0 unspecified atom stereocenters. The Balaban J connectivity index is 1.72. The zero-order valence-electron chi connectivity index (χ0n) is 12.0. The van der Waals surface area contributed by atoms with E-state index in [4.69, 9.17) is 4.42 Å². The fourth-order valence-electron chi connectivity index (χ4n) is 2.28. The van der Waals surface area contributed by atoms with Crippen molar-refractivity contribution in [2.45, 2.75) is 33.9 Å². The molecule has 5 heteroatoms. The second-order valence-electron chi connectivity index (χ2n) is 4.93. The molecule has 0 spiro atoms. The lowest BCUT2D eigenvalue weighted by Gasteiger charge is -2.04. The number of fused-ring (bicyclic) bond motifs is 1. The second-order valence-corrected chi connectivity index (χ2v) is 4.93. The zero-order valence-corrected chi connectivity index (χ0v) is 12.0. The first-order valence-electron chi connectivity index (χ1n) is 6.71. The van der Waals surface area contributed by atoms with Crippen molar-refractivity contribution in [1.29, 1.82) is 0 Å². The molecule has 0 aliphatic heterocycles. The van der Waals surface area contributed by atoms with Gasteiger partial charge in [0.05, 0.1) is 23.6 Å². The number of oxazole rings is 1. The van der Waals surface area contributed by atoms with Crippen molar-refractivity contribution < 1.29 is 4.42 Å². The lowest BCUT2D eigenvalue weighted by molar-refractivity contribution is 0.447. The number of aryl methyl sites for hydroxylation is 3. The van der Waals surface area contributed by atoms with Crippen LogP contribution in [0.25, 0.3) is 5.65 Å². The minimum Gasteiger partial charge on any atom is -0.444 e. The first kappa shape index (κ1) is 12.9. The van der Waals surface area contributed by atoms with Gasteiger partial charge in [0, 0.05) is 12.7 Å². The highest BCUT2D eigenvalue weighted by Crippen LogP contribution is 2.12. The number of nitrogens with zero attached hydrogens (tertiary/aromatic N) is 3. The largest absolute Gasteiger partial charge is 0.444 e. The van der Waals surface area contributed by atoms with E-state index in [0.29, 0.717) is 6.54 Å². The highest BCUT2D eigenvalue weighted by atomic mass is 16.4. The van der Waals surface area contributed by atoms with Gasteiger partial charge >= 0.3 is 0 Å². The molecule has 3 rings (SSSR count). The quantitative estimate of drug-likeness (QED) is 0.791. The lowest BCUT2D eigenvalue weighted by Crippen LogP contribution is -2.15. The van der Waals surface area contributed by atoms with Gasteiger partial charge in [-0.15, -0.1) is 0 Å². The first-order valence-corrected chi connectivity index (χ1v) is 6.71. The minimum atomic E-state index is 0.619. The Morgan fingerprint density at radius 1 is 1.10 bits per heavy atom. The molecule has 0 saturated carbocycles. The zero-order chi connectivity index (χ0) is 14.1. The molecule has 20 heavy (non-hydrogen) atoms. The SMILES string of the molecule is Cc1nc(CNCc2c(C)nc3ccccn23)oc1C. The average molecular weight is 270 g/mol. The maximum absolute atomic E-state index is 5.56. The molecular formula is C15H18N4O. The average Bonchev–Trinajstić information content (AvgIpc) is 2.91. The Kier molecular flexibility index (Phi) is 3.28. The van der Waals surface area contributed by atoms with Crippen molar-refractivity contribution in [3.63, 3.8) is 0 Å². The van der Waals surface area contributed by atoms with E-state index in [1.807, 2.05) is 45.2 Å². The molecule has 5 nitrogen and oxygen atoms in total. The number of hydrogen-bond donors (Lipinski definition) is 1. The van der Waals surface area contributed by atoms with Crippen LogP contribution in [0.2, 0.25) is 0 Å². The molecule has 0 saturated heterocycles. The van der Waals surface area contributed by atoms with E-state index in [1.54, 1.807) is 0 Å². The van der Waals surface area contributed by atoms with Gasteiger partial charge < -0.3 is 14.1 Å². The number of aromatic nitrogens is 3. The van der Waals surface area contributed by atoms with E-state index < -0.39 is 0 Å². The monoisotopic (exact) mass is 270 g/mol. The van der Waals surface area contributed by atoms with E-state index in [1.165, 1.54) is 5.69 Å². The van der Waals surface area contributed by atoms with Crippen LogP contribution in [0.3, 0.4) is 0 Å². The summed E-state index contributed by atoms with van der Waals surface area (Å²) in [5, 5.41) is 3.36. The van der Waals surface area contributed by atoms with Gasteiger partial charge in [-0.25, -0.2) is 9.97 Å². The van der Waals surface area contributed by atoms with Crippen LogP contribution >= 0.6 is 0 Å². The number of nitrogens with one attached hydrogen (secondary N) is 1. The Labute approximate surface area is 117 Å². The summed E-state index contributed by atoms with van der Waals surface area (Å²) in [5.74, 6) is 1.61. The standard InChI is InChI=1S/C15H18N4O/c1-10-12(3)20-15(18-10)9-16-8-13-11(2)17-14-6-4-5-7-19(13)14/h4-7,16H,8-9H2,1-3H3. The molecule has 0 aliphatic carbocycles. The van der Waals surface area contributed by atoms with E-state index in [9.17, 15) is 0 Å². The van der Waals surface area contributed by atoms with Gasteiger partial charge in [0.15, 0.2) is 0 Å². The first-order chi connectivity index (χ1) is 9.65. The van der Waals surface area contributed by atoms with Crippen molar-refractivity contribution >= 4 is 5.65 Å². The van der Waals surface area contributed by atoms with Gasteiger partial charge in [-0.1, -0.05) is 6.07 Å². The van der Waals surface area contributed by atoms with Crippen LogP contribution in [0.5, 0.6) is 0 Å². The third kappa shape index (κ3) is 2.32. The van der Waals surface area contributed by atoms with Gasteiger partial charge in [-0.3, -0.25) is 0 Å². The van der Waals surface area contributed by atoms with Crippen LogP contribution in [0.1, 0.15) is 28.7 Å². The predicted molar refractivity (Wildman–Crippen MR) is 76.4 cm³/mol. The Morgan fingerprint density at radius 2 is 1.95 bits per heavy atom. The van der Waals surface area contributed by atoms with Crippen LogP contribution < -0.4 is 5.32 Å². The van der Waals surface area contributed by atoms with E-state index in [-0.39, 0.29) is 0 Å². The van der Waals surface area contributed by atoms with Crippen molar-refractivity contribution in [2.24, 2.45) is 0 Å². The van der Waals surface area contributed by atoms with E-state index in [0.717, 1.165) is 35.2 Å². The van der Waals surface area contributed by atoms with Gasteiger partial charge in [-0.05, 0) is 32.9 Å². The summed E-state index contributed by atoms with van der Waals surface area (Å²) in [7, 11) is 0. The maximum Gasteiger partial charge on any atom is 0.208 e. The number of hydrogen-bond acceptors (Lipinski definition) is 4. The summed E-state index contributed by atoms with van der Waals surface area (Å²) in [6.45, 7) is 7.27. The molecule has 3 aromatic heterocycles. The molecule has 0 aliphatic rings. The summed E-state index contributed by atoms with van der Waals surface area (Å²) >= 11 is 0. The number of imidazole rings is 1. The minimum absolute atomic E-state index is 0.619. The maximum atomic E-state index is 5.56. The molecule has 0 atom stereocenters. The van der Waals surface area contributed by atoms with Gasteiger partial charge in [0.2, 0.25) is 5.89 Å². The number of rotatable bonds is 4. The molecule has 0 radical (unpaired) electrons. The molecule has 104 valence electrons. The molecular weight excluding hydrogens is 252 g/mol. The van der Waals surface area contributed by atoms with Gasteiger partial charge in [0.1, 0.15) is 11.4 Å². The van der Waals surface area contributed by atoms with Crippen LogP contribution in [0.4, 0.5) is 0 Å². The van der Waals surface area contributed by atoms with Crippen LogP contribution in [-0.2, 0) is 13.1 Å². The fourth-order valence-corrected chi connectivity index (χ4v) is 2.28. The lowest BCUT2D eigenvalue weighted by atomic mass is 10.3. The molecule has 3 heterocycles. The Bertz CT molecular complexity index is 722. The highest BCUT2D eigenvalue weighted by molar-refractivity contribution is 5.42. The summed E-state index contributed by atoms with van der Waals surface area (Å²) in [5.41, 5.74) is 4.14. The predicted octanol–water partition coefficient (Wildman–Crippen LogP) is 2.54. The van der Waals surface area contributed by atoms with E-state index >= 15 is 0 Å². The summed E-state index contributed by atoms with van der Waals surface area (Å²) < 4.78 is 7.66. The molecule has 0 bridgehead atoms. The fraction of sp³-hybridized carbons (Fsp3) is 0.333. The van der Waals surface area contributed by atoms with Gasteiger partial charge in [0.25, 0.3) is 0 Å².